The van der Waals surface area contributed by atoms with Crippen LogP contribution in [0.3, 0.4) is 0 Å². The molecule has 6 aliphatic rings. The molecule has 2 bridgehead atoms. The molecule has 19 heteroatoms. The van der Waals surface area contributed by atoms with Gasteiger partial charge in [0.2, 0.25) is 11.8 Å². The molecule has 3 aromatic carbocycles. The number of likely N-dealkylation sites (N-methyl/N-ethyl adjacent to an activating group) is 1. The Hall–Kier alpha value is -7.17. The molecule has 8 heterocycles. The van der Waals surface area contributed by atoms with Crippen LogP contribution < -0.4 is 25.2 Å². The number of piperazine rings is 2. The first-order valence-corrected chi connectivity index (χ1v) is 23.5. The Balaban J connectivity index is 0.751. The second kappa shape index (κ2) is 17.7. The van der Waals surface area contributed by atoms with E-state index in [-0.39, 0.29) is 108 Å². The summed E-state index contributed by atoms with van der Waals surface area (Å²) in [6.45, 7) is 3.81. The Labute approximate surface area is 395 Å². The molecular formula is C50H50F2N10O7. The maximum Gasteiger partial charge on any atom is 0.409 e. The minimum atomic E-state index is -0.794. The zero-order valence-corrected chi connectivity index (χ0v) is 37.9. The van der Waals surface area contributed by atoms with Crippen LogP contribution in [0, 0.1) is 24.0 Å². The van der Waals surface area contributed by atoms with Crippen molar-refractivity contribution in [3.05, 3.63) is 77.0 Å². The zero-order valence-electron chi connectivity index (χ0n) is 37.9. The van der Waals surface area contributed by atoms with Crippen molar-refractivity contribution in [3.8, 4) is 35.4 Å². The Bertz CT molecular complexity index is 2980. The number of likely N-dealkylation sites (tertiary alicyclic amines) is 1. The number of nitrogens with zero attached hydrogens (tertiary/aromatic N) is 8. The Kier molecular flexibility index (Phi) is 11.4. The van der Waals surface area contributed by atoms with E-state index in [9.17, 15) is 24.3 Å². The van der Waals surface area contributed by atoms with Gasteiger partial charge in [0.15, 0.2) is 5.82 Å². The monoisotopic (exact) mass is 940 g/mol. The summed E-state index contributed by atoms with van der Waals surface area (Å²) >= 11 is 0. The number of anilines is 2. The van der Waals surface area contributed by atoms with Crippen LogP contribution in [0.25, 0.3) is 32.9 Å². The predicted octanol–water partition coefficient (Wildman–Crippen LogP) is 4.31. The van der Waals surface area contributed by atoms with Crippen molar-refractivity contribution >= 4 is 57.0 Å². The lowest BCUT2D eigenvalue weighted by molar-refractivity contribution is -0.136. The largest absolute Gasteiger partial charge is 0.508 e. The van der Waals surface area contributed by atoms with Crippen molar-refractivity contribution in [1.29, 1.82) is 0 Å². The normalized spacial score (nSPS) is 23.7. The van der Waals surface area contributed by atoms with Crippen molar-refractivity contribution < 1.29 is 42.5 Å². The second-order valence-electron chi connectivity index (χ2n) is 18.8. The van der Waals surface area contributed by atoms with Crippen molar-refractivity contribution in [3.63, 3.8) is 0 Å². The third-order valence-corrected chi connectivity index (χ3v) is 14.8. The highest BCUT2D eigenvalue weighted by atomic mass is 19.1. The number of piperidine rings is 1. The third kappa shape index (κ3) is 8.04. The summed E-state index contributed by atoms with van der Waals surface area (Å²) in [6.07, 6.45) is 10.8. The number of carbonyl (C=O) groups excluding carboxylic acids is 4. The quantitative estimate of drug-likeness (QED) is 0.140. The van der Waals surface area contributed by atoms with Gasteiger partial charge in [-0.25, -0.2) is 13.6 Å². The van der Waals surface area contributed by atoms with E-state index in [0.29, 0.717) is 61.4 Å². The number of carbonyl (C=O) groups is 4. The summed E-state index contributed by atoms with van der Waals surface area (Å²) < 4.78 is 44.3. The molecule has 2 aromatic heterocycles. The van der Waals surface area contributed by atoms with Gasteiger partial charge in [-0.1, -0.05) is 18.1 Å². The van der Waals surface area contributed by atoms with E-state index in [1.54, 1.807) is 15.9 Å². The fourth-order valence-corrected chi connectivity index (χ4v) is 11.2. The van der Waals surface area contributed by atoms with Crippen LogP contribution in [0.5, 0.6) is 11.8 Å². The van der Waals surface area contributed by atoms with Crippen molar-refractivity contribution in [2.24, 2.45) is 0 Å². The van der Waals surface area contributed by atoms with Gasteiger partial charge in [-0.2, -0.15) is 9.97 Å². The number of phenols is 1. The molecule has 17 nitrogen and oxygen atoms in total. The lowest BCUT2D eigenvalue weighted by Crippen LogP contribution is -2.52. The number of pyridine rings is 1. The number of hydrogen-bond acceptors (Lipinski definition) is 14. The molecule has 3 N–H and O–H groups in total. The van der Waals surface area contributed by atoms with Crippen molar-refractivity contribution in [2.75, 3.05) is 69.3 Å². The molecule has 6 aliphatic heterocycles. The van der Waals surface area contributed by atoms with Gasteiger partial charge in [0.1, 0.15) is 47.9 Å². The van der Waals surface area contributed by atoms with Crippen LogP contribution in [0.15, 0.2) is 48.7 Å². The standard InChI is InChI=1S/C50H50F2N10O7/c1-3-33-38(51)12-7-27-19-32(63)20-35(42(27)33)44-43(52)45-36(21-53-44)46(61-22-28-8-9-29(23-61)54-28)57-49(56-45)68-25-30-10-11-31(58(30)2)26-69-50(67)60-17-15-59(16-18-60)39-6-4-5-34-37(39)24-62(48(34)66)40-13-14-41(64)55-47(40)65/h1,4-7,12,19-21,28-31,40,54,63H,8-11,13-18,22-26H2,2H3,(H,55,64,65)/t28?,29?,30-,31-,40?/m0/s1. The van der Waals surface area contributed by atoms with Gasteiger partial charge in [0.25, 0.3) is 5.91 Å². The molecule has 0 saturated carbocycles. The summed E-state index contributed by atoms with van der Waals surface area (Å²) in [6, 6.07) is 10.6. The Morgan fingerprint density at radius 1 is 0.928 bits per heavy atom. The highest BCUT2D eigenvalue weighted by Crippen LogP contribution is 2.40. The maximum absolute atomic E-state index is 17.1. The van der Waals surface area contributed by atoms with Gasteiger partial charge in [0, 0.05) is 110 Å². The Morgan fingerprint density at radius 3 is 2.45 bits per heavy atom. The number of aromatic hydroxyl groups is 1. The number of amides is 4. The lowest BCUT2D eigenvalue weighted by Gasteiger charge is -2.36. The number of nitrogens with one attached hydrogen (secondary N) is 2. The van der Waals surface area contributed by atoms with Crippen LogP contribution in [0.4, 0.5) is 25.1 Å². The number of fused-ring (bicyclic) bond motifs is 5. The first kappa shape index (κ1) is 44.3. The van der Waals surface area contributed by atoms with Gasteiger partial charge in [-0.05, 0) is 74.9 Å². The van der Waals surface area contributed by atoms with Crippen molar-refractivity contribution in [1.82, 2.24) is 40.3 Å². The average molecular weight is 941 g/mol. The van der Waals surface area contributed by atoms with Crippen molar-refractivity contribution in [2.45, 2.75) is 75.3 Å². The molecule has 0 spiro atoms. The van der Waals surface area contributed by atoms with E-state index in [4.69, 9.17) is 20.9 Å². The molecule has 3 unspecified atom stereocenters. The first-order chi connectivity index (χ1) is 33.4. The number of ether oxygens (including phenoxy) is 2. The van der Waals surface area contributed by atoms with Gasteiger partial charge >= 0.3 is 12.1 Å². The minimum Gasteiger partial charge on any atom is -0.508 e. The summed E-state index contributed by atoms with van der Waals surface area (Å²) in [5.41, 5.74) is 2.11. The molecule has 0 aliphatic carbocycles. The first-order valence-electron chi connectivity index (χ1n) is 23.5. The molecule has 5 atom stereocenters. The van der Waals surface area contributed by atoms with Gasteiger partial charge in [-0.15, -0.1) is 6.42 Å². The van der Waals surface area contributed by atoms with Crippen LogP contribution in [-0.4, -0.2) is 148 Å². The summed E-state index contributed by atoms with van der Waals surface area (Å²) in [7, 11) is 1.95. The fourth-order valence-electron chi connectivity index (χ4n) is 11.2. The second-order valence-corrected chi connectivity index (χ2v) is 18.8. The predicted molar refractivity (Wildman–Crippen MR) is 250 cm³/mol. The van der Waals surface area contributed by atoms with E-state index in [1.807, 2.05) is 19.2 Å². The molecule has 4 amide bonds. The number of terminal acetylenes is 1. The highest BCUT2D eigenvalue weighted by molar-refractivity contribution is 6.06. The summed E-state index contributed by atoms with van der Waals surface area (Å²) in [5, 5.41) is 17.7. The van der Waals surface area contributed by atoms with E-state index in [1.165, 1.54) is 30.5 Å². The van der Waals surface area contributed by atoms with Crippen LogP contribution in [0.1, 0.15) is 60.0 Å². The maximum atomic E-state index is 17.1. The van der Waals surface area contributed by atoms with Crippen LogP contribution in [0.2, 0.25) is 0 Å². The average Bonchev–Trinajstić information content (AvgIpc) is 4.01. The van der Waals surface area contributed by atoms with E-state index < -0.39 is 29.7 Å². The minimum absolute atomic E-state index is 0.0170. The zero-order chi connectivity index (χ0) is 47.7. The molecular weight excluding hydrogens is 891 g/mol. The number of phenolic OH excluding ortho intramolecular Hbond substituents is 1. The Morgan fingerprint density at radius 2 is 1.70 bits per heavy atom. The lowest BCUT2D eigenvalue weighted by atomic mass is 9.96. The van der Waals surface area contributed by atoms with Gasteiger partial charge < -0.3 is 39.5 Å². The topological polar surface area (TPSA) is 186 Å². The molecule has 0 radical (unpaired) electrons. The van der Waals surface area contributed by atoms with Crippen LogP contribution >= 0.6 is 0 Å². The van der Waals surface area contributed by atoms with E-state index in [0.717, 1.165) is 36.9 Å². The number of rotatable bonds is 9. The number of imide groups is 1. The number of halogens is 2. The molecule has 356 valence electrons. The smallest absolute Gasteiger partial charge is 0.409 e. The van der Waals surface area contributed by atoms with Gasteiger partial charge in [0.05, 0.1) is 10.9 Å². The number of benzene rings is 3. The highest BCUT2D eigenvalue weighted by Gasteiger charge is 2.41. The van der Waals surface area contributed by atoms with Crippen LogP contribution in [-0.2, 0) is 20.9 Å². The van der Waals surface area contributed by atoms with E-state index >= 15 is 8.78 Å². The molecule has 11 rings (SSSR count). The summed E-state index contributed by atoms with van der Waals surface area (Å²) in [5.74, 6) is 0.241. The molecule has 5 fully saturated rings. The molecule has 69 heavy (non-hydrogen) atoms. The van der Waals surface area contributed by atoms with Gasteiger partial charge in [-0.3, -0.25) is 29.6 Å². The molecule has 5 saturated heterocycles. The summed E-state index contributed by atoms with van der Waals surface area (Å²) in [4.78, 5) is 74.8. The number of hydrogen-bond donors (Lipinski definition) is 3. The molecule has 5 aromatic rings. The third-order valence-electron chi connectivity index (χ3n) is 14.8. The number of aromatic nitrogens is 3. The fraction of sp³-hybridized carbons (Fsp3) is 0.420. The van der Waals surface area contributed by atoms with E-state index in [2.05, 4.69) is 41.2 Å². The SMILES string of the molecule is C#Cc1c(F)ccc2cc(O)cc(-c3ncc4c(N5CC6CCC(C5)N6)nc(OC[C@@H]5CC[C@@H](COC(=O)N6CCN(c7cccc8c7CN(C7CCC(=O)NC7=O)C8=O)CC6)N5C)nc4c3F)c12.